The molecule has 0 aliphatic carbocycles. The van der Waals surface area contributed by atoms with Crippen LogP contribution in [0.15, 0.2) is 30.6 Å². The number of benzene rings is 1. The molecule has 5 heteroatoms. The van der Waals surface area contributed by atoms with Gasteiger partial charge < -0.3 is 15.0 Å². The minimum absolute atomic E-state index is 0.0508. The van der Waals surface area contributed by atoms with E-state index in [-0.39, 0.29) is 11.9 Å². The summed E-state index contributed by atoms with van der Waals surface area (Å²) < 4.78 is 5.73. The molecule has 0 aliphatic heterocycles. The second-order valence-electron chi connectivity index (χ2n) is 5.08. The Morgan fingerprint density at radius 1 is 1.38 bits per heavy atom. The van der Waals surface area contributed by atoms with Gasteiger partial charge in [-0.15, -0.1) is 0 Å². The number of aromatic amines is 1. The number of hydrogen-bond donors (Lipinski definition) is 2. The standard InChI is InChI=1S/C16H21N3O2/c1-11-5-4-6-12(2)15(11)21-10-7-14(20)19-13(3)16-17-8-9-18-16/h4-6,8-9,13H,7,10H2,1-3H3,(H,17,18)(H,19,20). The van der Waals surface area contributed by atoms with E-state index in [0.717, 1.165) is 22.7 Å². The van der Waals surface area contributed by atoms with E-state index in [2.05, 4.69) is 15.3 Å². The molecule has 0 saturated carbocycles. The van der Waals surface area contributed by atoms with Crippen LogP contribution in [-0.2, 0) is 4.79 Å². The summed E-state index contributed by atoms with van der Waals surface area (Å²) in [5.41, 5.74) is 2.17. The van der Waals surface area contributed by atoms with Crippen LogP contribution in [-0.4, -0.2) is 22.5 Å². The van der Waals surface area contributed by atoms with Crippen LogP contribution in [0.1, 0.15) is 36.3 Å². The number of rotatable bonds is 6. The van der Waals surface area contributed by atoms with Gasteiger partial charge in [0, 0.05) is 12.4 Å². The van der Waals surface area contributed by atoms with E-state index < -0.39 is 0 Å². The number of nitrogens with one attached hydrogen (secondary N) is 2. The van der Waals surface area contributed by atoms with Crippen molar-refractivity contribution in [3.63, 3.8) is 0 Å². The monoisotopic (exact) mass is 287 g/mol. The van der Waals surface area contributed by atoms with Crippen molar-refractivity contribution in [2.75, 3.05) is 6.61 Å². The van der Waals surface area contributed by atoms with Crippen molar-refractivity contribution in [1.82, 2.24) is 15.3 Å². The van der Waals surface area contributed by atoms with Crippen LogP contribution >= 0.6 is 0 Å². The van der Waals surface area contributed by atoms with Crippen LogP contribution in [0.3, 0.4) is 0 Å². The number of carbonyl (C=O) groups is 1. The van der Waals surface area contributed by atoms with Gasteiger partial charge in [-0.2, -0.15) is 0 Å². The first kappa shape index (κ1) is 15.1. The number of H-pyrrole nitrogens is 1. The number of para-hydroxylation sites is 1. The number of carbonyl (C=O) groups excluding carboxylic acids is 1. The van der Waals surface area contributed by atoms with Crippen molar-refractivity contribution in [3.05, 3.63) is 47.5 Å². The number of ether oxygens (including phenoxy) is 1. The summed E-state index contributed by atoms with van der Waals surface area (Å²) in [6, 6.07) is 5.87. The molecule has 5 nitrogen and oxygen atoms in total. The average molecular weight is 287 g/mol. The highest BCUT2D eigenvalue weighted by molar-refractivity contribution is 5.76. The van der Waals surface area contributed by atoms with Crippen LogP contribution < -0.4 is 10.1 Å². The maximum absolute atomic E-state index is 11.9. The highest BCUT2D eigenvalue weighted by Crippen LogP contribution is 2.22. The Bertz CT molecular complexity index is 573. The van der Waals surface area contributed by atoms with E-state index in [1.54, 1.807) is 12.4 Å². The van der Waals surface area contributed by atoms with Gasteiger partial charge in [-0.1, -0.05) is 18.2 Å². The van der Waals surface area contributed by atoms with Gasteiger partial charge in [0.2, 0.25) is 5.91 Å². The quantitative estimate of drug-likeness (QED) is 0.858. The third-order valence-electron chi connectivity index (χ3n) is 3.29. The summed E-state index contributed by atoms with van der Waals surface area (Å²) >= 11 is 0. The molecule has 1 heterocycles. The van der Waals surface area contributed by atoms with E-state index in [9.17, 15) is 4.79 Å². The Labute approximate surface area is 124 Å². The van der Waals surface area contributed by atoms with Crippen LogP contribution in [0.25, 0.3) is 0 Å². The van der Waals surface area contributed by atoms with E-state index >= 15 is 0 Å². The van der Waals surface area contributed by atoms with Gasteiger partial charge in [-0.25, -0.2) is 4.98 Å². The molecule has 1 aromatic carbocycles. The number of aromatic nitrogens is 2. The average Bonchev–Trinajstić information content (AvgIpc) is 2.96. The SMILES string of the molecule is Cc1cccc(C)c1OCCC(=O)NC(C)c1ncc[nH]1. The number of hydrogen-bond acceptors (Lipinski definition) is 3. The van der Waals surface area contributed by atoms with Crippen molar-refractivity contribution in [2.45, 2.75) is 33.2 Å². The molecule has 0 bridgehead atoms. The fraction of sp³-hybridized carbons (Fsp3) is 0.375. The lowest BCUT2D eigenvalue weighted by atomic mass is 10.1. The lowest BCUT2D eigenvalue weighted by molar-refractivity contribution is -0.122. The molecular formula is C16H21N3O2. The summed E-state index contributed by atoms with van der Waals surface area (Å²) in [5.74, 6) is 1.56. The summed E-state index contributed by atoms with van der Waals surface area (Å²) in [4.78, 5) is 19.0. The highest BCUT2D eigenvalue weighted by Gasteiger charge is 2.11. The zero-order valence-electron chi connectivity index (χ0n) is 12.6. The number of amides is 1. The minimum atomic E-state index is -0.132. The maximum atomic E-state index is 11.9. The molecular weight excluding hydrogens is 266 g/mol. The molecule has 1 aromatic heterocycles. The van der Waals surface area contributed by atoms with Crippen LogP contribution in [0.2, 0.25) is 0 Å². The molecule has 21 heavy (non-hydrogen) atoms. The van der Waals surface area contributed by atoms with Gasteiger partial charge in [0.15, 0.2) is 0 Å². The summed E-state index contributed by atoms with van der Waals surface area (Å²) in [5, 5.41) is 2.89. The van der Waals surface area contributed by atoms with Gasteiger partial charge in [0.25, 0.3) is 0 Å². The van der Waals surface area contributed by atoms with Crippen molar-refractivity contribution in [2.24, 2.45) is 0 Å². The molecule has 0 aliphatic rings. The lowest BCUT2D eigenvalue weighted by Gasteiger charge is -2.13. The molecule has 1 atom stereocenters. The molecule has 0 spiro atoms. The van der Waals surface area contributed by atoms with Crippen molar-refractivity contribution in [1.29, 1.82) is 0 Å². The zero-order chi connectivity index (χ0) is 15.2. The first-order chi connectivity index (χ1) is 10.1. The largest absolute Gasteiger partial charge is 0.493 e. The summed E-state index contributed by atoms with van der Waals surface area (Å²) in [6.07, 6.45) is 3.73. The van der Waals surface area contributed by atoms with Gasteiger partial charge in [-0.05, 0) is 31.9 Å². The lowest BCUT2D eigenvalue weighted by Crippen LogP contribution is -2.28. The second kappa shape index (κ2) is 6.92. The molecule has 0 radical (unpaired) electrons. The molecule has 0 saturated heterocycles. The molecule has 0 fully saturated rings. The Balaban J connectivity index is 1.79. The number of imidazole rings is 1. The Kier molecular flexibility index (Phi) is 4.98. The zero-order valence-corrected chi connectivity index (χ0v) is 12.6. The van der Waals surface area contributed by atoms with E-state index in [0.29, 0.717) is 13.0 Å². The maximum Gasteiger partial charge on any atom is 0.224 e. The van der Waals surface area contributed by atoms with E-state index in [4.69, 9.17) is 4.74 Å². The van der Waals surface area contributed by atoms with Crippen LogP contribution in [0.4, 0.5) is 0 Å². The van der Waals surface area contributed by atoms with Crippen molar-refractivity contribution in [3.8, 4) is 5.75 Å². The normalized spacial score (nSPS) is 12.0. The molecule has 1 amide bonds. The molecule has 112 valence electrons. The fourth-order valence-corrected chi connectivity index (χ4v) is 2.17. The van der Waals surface area contributed by atoms with Gasteiger partial charge >= 0.3 is 0 Å². The molecule has 2 rings (SSSR count). The smallest absolute Gasteiger partial charge is 0.224 e. The Morgan fingerprint density at radius 2 is 2.10 bits per heavy atom. The van der Waals surface area contributed by atoms with E-state index in [1.807, 2.05) is 39.0 Å². The second-order valence-corrected chi connectivity index (χ2v) is 5.08. The molecule has 1 unspecified atom stereocenters. The predicted octanol–water partition coefficient (Wildman–Crippen LogP) is 2.67. The van der Waals surface area contributed by atoms with Gasteiger partial charge in [-0.3, -0.25) is 4.79 Å². The third-order valence-corrected chi connectivity index (χ3v) is 3.29. The third kappa shape index (κ3) is 4.08. The van der Waals surface area contributed by atoms with E-state index in [1.165, 1.54) is 0 Å². The Morgan fingerprint density at radius 3 is 2.71 bits per heavy atom. The van der Waals surface area contributed by atoms with Gasteiger partial charge in [0.05, 0.1) is 19.1 Å². The number of nitrogens with zero attached hydrogens (tertiary/aromatic N) is 1. The van der Waals surface area contributed by atoms with Crippen molar-refractivity contribution >= 4 is 5.91 Å². The number of aryl methyl sites for hydroxylation is 2. The van der Waals surface area contributed by atoms with Crippen molar-refractivity contribution < 1.29 is 9.53 Å². The summed E-state index contributed by atoms with van der Waals surface area (Å²) in [6.45, 7) is 6.26. The minimum Gasteiger partial charge on any atom is -0.493 e. The molecule has 2 N–H and O–H groups in total. The Hall–Kier alpha value is -2.30. The fourth-order valence-electron chi connectivity index (χ4n) is 2.17. The van der Waals surface area contributed by atoms with Gasteiger partial charge in [0.1, 0.15) is 11.6 Å². The van der Waals surface area contributed by atoms with Crippen LogP contribution in [0.5, 0.6) is 5.75 Å². The topological polar surface area (TPSA) is 67.0 Å². The molecule has 2 aromatic rings. The first-order valence-electron chi connectivity index (χ1n) is 7.05. The first-order valence-corrected chi connectivity index (χ1v) is 7.05. The summed E-state index contributed by atoms with van der Waals surface area (Å²) in [7, 11) is 0. The van der Waals surface area contributed by atoms with Crippen LogP contribution in [0, 0.1) is 13.8 Å². The highest BCUT2D eigenvalue weighted by atomic mass is 16.5. The predicted molar refractivity (Wildman–Crippen MR) is 81.2 cm³/mol.